The smallest absolute Gasteiger partial charge is 0.268 e. The molecule has 0 aliphatic rings. The van der Waals surface area contributed by atoms with Crippen LogP contribution in [0.3, 0.4) is 0 Å². The van der Waals surface area contributed by atoms with Gasteiger partial charge < -0.3 is 14.7 Å². The Kier molecular flexibility index (Phi) is 3.73. The van der Waals surface area contributed by atoms with Crippen molar-refractivity contribution in [1.82, 2.24) is 19.7 Å². The Morgan fingerprint density at radius 1 is 1.30 bits per heavy atom. The van der Waals surface area contributed by atoms with Crippen LogP contribution in [0, 0.1) is 13.8 Å². The lowest BCUT2D eigenvalue weighted by Crippen LogP contribution is -2.24. The number of pyridine rings is 1. The van der Waals surface area contributed by atoms with Gasteiger partial charge in [0.15, 0.2) is 5.78 Å². The van der Waals surface area contributed by atoms with Gasteiger partial charge in [-0.15, -0.1) is 0 Å². The largest absolute Gasteiger partial charge is 0.354 e. The minimum atomic E-state index is -0.241. The first kappa shape index (κ1) is 15.0. The standard InChI is InChI=1S/C17H18N4O2/c1-10-15(12(3)22)11(2)19-16(10)17(23)18-8-13-9-21-7-5-4-6-14(21)20-13/h4-7,9,19H,8H2,1-3H3,(H,18,23). The third kappa shape index (κ3) is 2.75. The topological polar surface area (TPSA) is 79.3 Å². The molecular weight excluding hydrogens is 292 g/mol. The maximum Gasteiger partial charge on any atom is 0.268 e. The number of carbonyl (C=O) groups is 2. The molecule has 23 heavy (non-hydrogen) atoms. The number of aromatic amines is 1. The van der Waals surface area contributed by atoms with Crippen molar-refractivity contribution in [2.75, 3.05) is 0 Å². The highest BCUT2D eigenvalue weighted by Crippen LogP contribution is 2.18. The van der Waals surface area contributed by atoms with E-state index in [1.807, 2.05) is 35.0 Å². The van der Waals surface area contributed by atoms with Gasteiger partial charge in [0.1, 0.15) is 11.3 Å². The molecule has 0 aliphatic carbocycles. The van der Waals surface area contributed by atoms with Crippen LogP contribution in [-0.4, -0.2) is 26.1 Å². The highest BCUT2D eigenvalue weighted by atomic mass is 16.2. The molecule has 2 N–H and O–H groups in total. The Hall–Kier alpha value is -2.89. The number of aryl methyl sites for hydroxylation is 1. The molecule has 0 spiro atoms. The molecule has 0 atom stereocenters. The highest BCUT2D eigenvalue weighted by molar-refractivity contribution is 6.02. The number of aromatic nitrogens is 3. The van der Waals surface area contributed by atoms with Crippen LogP contribution >= 0.6 is 0 Å². The van der Waals surface area contributed by atoms with Crippen LogP contribution < -0.4 is 5.32 Å². The summed E-state index contributed by atoms with van der Waals surface area (Å²) in [5.74, 6) is -0.286. The first-order valence-corrected chi connectivity index (χ1v) is 7.38. The molecule has 0 radical (unpaired) electrons. The van der Waals surface area contributed by atoms with Crippen LogP contribution in [0.4, 0.5) is 0 Å². The molecule has 0 fully saturated rings. The molecule has 1 amide bonds. The highest BCUT2D eigenvalue weighted by Gasteiger charge is 2.19. The fourth-order valence-corrected chi connectivity index (χ4v) is 2.84. The summed E-state index contributed by atoms with van der Waals surface area (Å²) in [6.45, 7) is 5.40. The molecule has 0 saturated carbocycles. The van der Waals surface area contributed by atoms with E-state index in [1.165, 1.54) is 6.92 Å². The van der Waals surface area contributed by atoms with Crippen LogP contribution in [0.2, 0.25) is 0 Å². The lowest BCUT2D eigenvalue weighted by Gasteiger charge is -2.03. The summed E-state index contributed by atoms with van der Waals surface area (Å²) >= 11 is 0. The molecule has 0 saturated heterocycles. The average Bonchev–Trinajstić information content (AvgIpc) is 3.05. The van der Waals surface area contributed by atoms with Crippen molar-refractivity contribution < 1.29 is 9.59 Å². The second kappa shape index (κ2) is 5.72. The Balaban J connectivity index is 1.77. The maximum atomic E-state index is 12.4. The molecule has 3 heterocycles. The number of amides is 1. The average molecular weight is 310 g/mol. The zero-order valence-corrected chi connectivity index (χ0v) is 13.3. The maximum absolute atomic E-state index is 12.4. The normalized spacial score (nSPS) is 10.9. The molecular formula is C17H18N4O2. The summed E-state index contributed by atoms with van der Waals surface area (Å²) in [5.41, 5.74) is 4.02. The molecule has 118 valence electrons. The number of hydrogen-bond acceptors (Lipinski definition) is 3. The van der Waals surface area contributed by atoms with Crippen LogP contribution in [0.15, 0.2) is 30.6 Å². The number of hydrogen-bond donors (Lipinski definition) is 2. The van der Waals surface area contributed by atoms with Gasteiger partial charge in [-0.1, -0.05) is 6.07 Å². The van der Waals surface area contributed by atoms with Crippen molar-refractivity contribution in [3.63, 3.8) is 0 Å². The third-order valence-electron chi connectivity index (χ3n) is 3.86. The molecule has 3 rings (SSSR count). The Morgan fingerprint density at radius 2 is 2.09 bits per heavy atom. The second-order valence-corrected chi connectivity index (χ2v) is 5.56. The number of rotatable bonds is 4. The van der Waals surface area contributed by atoms with Crippen molar-refractivity contribution in [2.24, 2.45) is 0 Å². The van der Waals surface area contributed by atoms with Crippen molar-refractivity contribution in [2.45, 2.75) is 27.3 Å². The SMILES string of the molecule is CC(=O)c1c(C)[nH]c(C(=O)NCc2cn3ccccc3n2)c1C. The van der Waals surface area contributed by atoms with Crippen molar-refractivity contribution in [3.05, 3.63) is 58.8 Å². The first-order chi connectivity index (χ1) is 11.0. The van der Waals surface area contributed by atoms with Gasteiger partial charge in [-0.2, -0.15) is 0 Å². The Morgan fingerprint density at radius 3 is 2.74 bits per heavy atom. The second-order valence-electron chi connectivity index (χ2n) is 5.56. The van der Waals surface area contributed by atoms with Gasteiger partial charge in [0.25, 0.3) is 5.91 Å². The van der Waals surface area contributed by atoms with E-state index >= 15 is 0 Å². The fourth-order valence-electron chi connectivity index (χ4n) is 2.84. The van der Waals surface area contributed by atoms with Gasteiger partial charge in [-0.05, 0) is 38.5 Å². The van der Waals surface area contributed by atoms with E-state index < -0.39 is 0 Å². The van der Waals surface area contributed by atoms with Gasteiger partial charge in [0.2, 0.25) is 0 Å². The summed E-state index contributed by atoms with van der Waals surface area (Å²) in [4.78, 5) is 31.4. The lowest BCUT2D eigenvalue weighted by molar-refractivity contribution is 0.0945. The van der Waals surface area contributed by atoms with E-state index in [2.05, 4.69) is 15.3 Å². The fraction of sp³-hybridized carbons (Fsp3) is 0.235. The monoisotopic (exact) mass is 310 g/mol. The summed E-state index contributed by atoms with van der Waals surface area (Å²) in [7, 11) is 0. The predicted molar refractivity (Wildman–Crippen MR) is 86.6 cm³/mol. The van der Waals surface area contributed by atoms with E-state index in [0.29, 0.717) is 29.1 Å². The summed E-state index contributed by atoms with van der Waals surface area (Å²) < 4.78 is 1.90. The number of carbonyl (C=O) groups excluding carboxylic acids is 2. The van der Waals surface area contributed by atoms with Crippen molar-refractivity contribution >= 4 is 17.3 Å². The molecule has 6 nitrogen and oxygen atoms in total. The molecule has 0 unspecified atom stereocenters. The third-order valence-corrected chi connectivity index (χ3v) is 3.86. The number of ketones is 1. The Bertz CT molecular complexity index is 872. The predicted octanol–water partition coefficient (Wildman–Crippen LogP) is 2.41. The van der Waals surface area contributed by atoms with E-state index in [1.54, 1.807) is 13.8 Å². The number of Topliss-reactive ketones (excluding diaryl/α,β-unsaturated/α-hetero) is 1. The molecule has 0 aliphatic heterocycles. The van der Waals surface area contributed by atoms with Crippen molar-refractivity contribution in [1.29, 1.82) is 0 Å². The van der Waals surface area contributed by atoms with Crippen molar-refractivity contribution in [3.8, 4) is 0 Å². The van der Waals surface area contributed by atoms with Gasteiger partial charge >= 0.3 is 0 Å². The van der Waals surface area contributed by atoms with E-state index in [-0.39, 0.29) is 11.7 Å². The van der Waals surface area contributed by atoms with Crippen LogP contribution in [0.1, 0.15) is 44.7 Å². The number of nitrogens with zero attached hydrogens (tertiary/aromatic N) is 2. The molecule has 0 bridgehead atoms. The van der Waals surface area contributed by atoms with E-state index in [0.717, 1.165) is 11.3 Å². The molecule has 3 aromatic heterocycles. The van der Waals surface area contributed by atoms with Gasteiger partial charge in [-0.25, -0.2) is 4.98 Å². The number of H-pyrrole nitrogens is 1. The minimum Gasteiger partial charge on any atom is -0.354 e. The van der Waals surface area contributed by atoms with E-state index in [9.17, 15) is 9.59 Å². The molecule has 0 aromatic carbocycles. The number of fused-ring (bicyclic) bond motifs is 1. The zero-order valence-electron chi connectivity index (χ0n) is 13.3. The van der Waals surface area contributed by atoms with Crippen LogP contribution in [0.5, 0.6) is 0 Å². The summed E-state index contributed by atoms with van der Waals surface area (Å²) in [6, 6.07) is 5.74. The number of nitrogens with one attached hydrogen (secondary N) is 2. The number of imidazole rings is 1. The lowest BCUT2D eigenvalue weighted by atomic mass is 10.1. The first-order valence-electron chi connectivity index (χ1n) is 7.38. The zero-order chi connectivity index (χ0) is 16.6. The van der Waals surface area contributed by atoms with E-state index in [4.69, 9.17) is 0 Å². The quantitative estimate of drug-likeness (QED) is 0.726. The van der Waals surface area contributed by atoms with Gasteiger partial charge in [0.05, 0.1) is 12.2 Å². The summed E-state index contributed by atoms with van der Waals surface area (Å²) in [5, 5.41) is 2.84. The Labute approximate surface area is 133 Å². The summed E-state index contributed by atoms with van der Waals surface area (Å²) in [6.07, 6.45) is 3.79. The van der Waals surface area contributed by atoms with Gasteiger partial charge in [-0.3, -0.25) is 9.59 Å². The van der Waals surface area contributed by atoms with Crippen LogP contribution in [-0.2, 0) is 6.54 Å². The molecule has 6 heteroatoms. The van der Waals surface area contributed by atoms with Gasteiger partial charge in [0, 0.05) is 23.7 Å². The van der Waals surface area contributed by atoms with Crippen LogP contribution in [0.25, 0.3) is 5.65 Å². The minimum absolute atomic E-state index is 0.0457. The molecule has 3 aromatic rings.